The van der Waals surface area contributed by atoms with Gasteiger partial charge in [-0.25, -0.2) is 0 Å². The van der Waals surface area contributed by atoms with Crippen LogP contribution in [-0.2, 0) is 0 Å². The normalized spacial score (nSPS) is 14.2. The highest BCUT2D eigenvalue weighted by molar-refractivity contribution is 5.19. The number of hydrogen-bond acceptors (Lipinski definition) is 2. The maximum atomic E-state index is 12.0. The van der Waals surface area contributed by atoms with Gasteiger partial charge in [0.25, 0.3) is 0 Å². The van der Waals surface area contributed by atoms with Crippen LogP contribution in [0.1, 0.15) is 17.4 Å². The second kappa shape index (κ2) is 3.33. The smallest absolute Gasteiger partial charge is 0.379 e. The monoisotopic (exact) mass is 191 g/mol. The third-order valence-electron chi connectivity index (χ3n) is 1.55. The molecule has 1 N–H and O–H groups in total. The van der Waals surface area contributed by atoms with Gasteiger partial charge in [-0.15, -0.1) is 0 Å². The van der Waals surface area contributed by atoms with Crippen molar-refractivity contribution in [2.75, 3.05) is 0 Å². The Hall–Kier alpha value is -1.10. The Morgan fingerprint density at radius 3 is 2.54 bits per heavy atom. The maximum Gasteiger partial charge on any atom is 0.418 e. The van der Waals surface area contributed by atoms with Gasteiger partial charge in [-0.3, -0.25) is 4.98 Å². The third-order valence-corrected chi connectivity index (χ3v) is 1.55. The van der Waals surface area contributed by atoms with Crippen molar-refractivity contribution in [2.24, 2.45) is 0 Å². The largest absolute Gasteiger partial charge is 0.418 e. The van der Waals surface area contributed by atoms with Gasteiger partial charge < -0.3 is 5.11 Å². The molecule has 13 heavy (non-hydrogen) atoms. The Morgan fingerprint density at radius 1 is 1.46 bits per heavy atom. The second-order valence-electron chi connectivity index (χ2n) is 2.67. The van der Waals surface area contributed by atoms with Crippen LogP contribution in [-0.4, -0.2) is 16.3 Å². The van der Waals surface area contributed by atoms with Crippen LogP contribution in [0, 0.1) is 6.92 Å². The Kier molecular flexibility index (Phi) is 2.56. The lowest BCUT2D eigenvalue weighted by atomic mass is 10.1. The van der Waals surface area contributed by atoms with Gasteiger partial charge >= 0.3 is 6.18 Å². The minimum Gasteiger partial charge on any atom is -0.379 e. The molecule has 1 aromatic heterocycles. The first kappa shape index (κ1) is 9.98. The highest BCUT2D eigenvalue weighted by Crippen LogP contribution is 2.32. The number of aromatic nitrogens is 1. The molecule has 1 aromatic rings. The van der Waals surface area contributed by atoms with E-state index < -0.39 is 12.3 Å². The van der Waals surface area contributed by atoms with E-state index in [9.17, 15) is 13.2 Å². The summed E-state index contributed by atoms with van der Waals surface area (Å²) >= 11 is 0. The molecule has 2 nitrogen and oxygen atoms in total. The van der Waals surface area contributed by atoms with Crippen molar-refractivity contribution >= 4 is 0 Å². The molecule has 0 saturated carbocycles. The minimum absolute atomic E-state index is 0.181. The van der Waals surface area contributed by atoms with Crippen molar-refractivity contribution in [3.05, 3.63) is 29.6 Å². The molecule has 0 saturated heterocycles. The van der Waals surface area contributed by atoms with Gasteiger partial charge in [-0.1, -0.05) is 0 Å². The van der Waals surface area contributed by atoms with Crippen molar-refractivity contribution in [3.63, 3.8) is 0 Å². The number of rotatable bonds is 1. The summed E-state index contributed by atoms with van der Waals surface area (Å²) in [6.45, 7) is 1.56. The first-order chi connectivity index (χ1) is 5.91. The van der Waals surface area contributed by atoms with Crippen LogP contribution < -0.4 is 0 Å². The molecular weight excluding hydrogens is 183 g/mol. The van der Waals surface area contributed by atoms with Crippen LogP contribution >= 0.6 is 0 Å². The third kappa shape index (κ3) is 2.42. The summed E-state index contributed by atoms with van der Waals surface area (Å²) in [4.78, 5) is 3.73. The van der Waals surface area contributed by atoms with Gasteiger partial charge in [0.05, 0.1) is 0 Å². The van der Waals surface area contributed by atoms with E-state index in [-0.39, 0.29) is 5.56 Å². The highest BCUT2D eigenvalue weighted by atomic mass is 19.4. The number of aliphatic hydroxyl groups excluding tert-OH is 1. The Labute approximate surface area is 73.0 Å². The van der Waals surface area contributed by atoms with E-state index in [0.29, 0.717) is 5.69 Å². The van der Waals surface area contributed by atoms with Gasteiger partial charge in [0.2, 0.25) is 0 Å². The van der Waals surface area contributed by atoms with Crippen molar-refractivity contribution in [1.29, 1.82) is 0 Å². The molecule has 0 spiro atoms. The quantitative estimate of drug-likeness (QED) is 0.736. The lowest BCUT2D eigenvalue weighted by Crippen LogP contribution is -2.20. The Bertz CT molecular complexity index is 298. The zero-order chi connectivity index (χ0) is 10.1. The van der Waals surface area contributed by atoms with Gasteiger partial charge in [-0.2, -0.15) is 13.2 Å². The van der Waals surface area contributed by atoms with E-state index in [2.05, 4.69) is 4.98 Å². The molecule has 0 aliphatic rings. The molecule has 0 amide bonds. The average Bonchev–Trinajstić information content (AvgIpc) is 2.01. The Morgan fingerprint density at radius 2 is 2.08 bits per heavy atom. The molecule has 72 valence electrons. The van der Waals surface area contributed by atoms with Crippen LogP contribution in [0.15, 0.2) is 18.3 Å². The highest BCUT2D eigenvalue weighted by Gasteiger charge is 2.39. The topological polar surface area (TPSA) is 33.1 Å². The molecule has 0 aliphatic carbocycles. The molecule has 1 rings (SSSR count). The fourth-order valence-corrected chi connectivity index (χ4v) is 0.927. The molecule has 1 heterocycles. The van der Waals surface area contributed by atoms with E-state index in [0.717, 1.165) is 6.07 Å². The van der Waals surface area contributed by atoms with E-state index in [1.807, 2.05) is 0 Å². The van der Waals surface area contributed by atoms with Crippen molar-refractivity contribution < 1.29 is 18.3 Å². The number of aliphatic hydroxyl groups is 1. The lowest BCUT2D eigenvalue weighted by Gasteiger charge is -2.14. The molecule has 0 fully saturated rings. The summed E-state index contributed by atoms with van der Waals surface area (Å²) in [6, 6.07) is 2.35. The number of pyridine rings is 1. The Balaban J connectivity index is 2.96. The maximum absolute atomic E-state index is 12.0. The molecule has 0 bridgehead atoms. The van der Waals surface area contributed by atoms with Crippen LogP contribution in [0.25, 0.3) is 0 Å². The van der Waals surface area contributed by atoms with Gasteiger partial charge in [0.15, 0.2) is 6.10 Å². The predicted octanol–water partition coefficient (Wildman–Crippen LogP) is 1.99. The van der Waals surface area contributed by atoms with Crippen LogP contribution in [0.4, 0.5) is 13.2 Å². The number of aryl methyl sites for hydroxylation is 1. The summed E-state index contributed by atoms with van der Waals surface area (Å²) in [7, 11) is 0. The fourth-order valence-electron chi connectivity index (χ4n) is 0.927. The van der Waals surface area contributed by atoms with Crippen LogP contribution in [0.3, 0.4) is 0 Å². The van der Waals surface area contributed by atoms with Crippen LogP contribution in [0.5, 0.6) is 0 Å². The van der Waals surface area contributed by atoms with E-state index in [1.54, 1.807) is 6.92 Å². The first-order valence-electron chi connectivity index (χ1n) is 3.58. The molecule has 0 aromatic carbocycles. The summed E-state index contributed by atoms with van der Waals surface area (Å²) in [5.41, 5.74) is 0.265. The summed E-state index contributed by atoms with van der Waals surface area (Å²) < 4.78 is 36.0. The van der Waals surface area contributed by atoms with E-state index >= 15 is 0 Å². The summed E-state index contributed by atoms with van der Waals surface area (Å²) in [5.74, 6) is 0. The van der Waals surface area contributed by atoms with Crippen molar-refractivity contribution in [3.8, 4) is 0 Å². The fraction of sp³-hybridized carbons (Fsp3) is 0.375. The molecular formula is C8H8F3NO. The van der Waals surface area contributed by atoms with Crippen molar-refractivity contribution in [2.45, 2.75) is 19.2 Å². The first-order valence-corrected chi connectivity index (χ1v) is 3.58. The number of hydrogen-bond donors (Lipinski definition) is 1. The number of nitrogens with zero attached hydrogens (tertiary/aromatic N) is 1. The van der Waals surface area contributed by atoms with E-state index in [1.165, 1.54) is 12.3 Å². The molecule has 1 atom stereocenters. The zero-order valence-electron chi connectivity index (χ0n) is 6.84. The lowest BCUT2D eigenvalue weighted by molar-refractivity contribution is -0.206. The van der Waals surface area contributed by atoms with Gasteiger partial charge in [0.1, 0.15) is 0 Å². The standard InChI is InChI=1S/C8H8F3NO/c1-5-4-6(2-3-12-5)7(13)8(9,10)11/h2-4,7,13H,1H3/t7-/m0/s1. The second-order valence-corrected chi connectivity index (χ2v) is 2.67. The summed E-state index contributed by atoms with van der Waals surface area (Å²) in [5, 5.41) is 8.83. The van der Waals surface area contributed by atoms with Crippen molar-refractivity contribution in [1.82, 2.24) is 4.98 Å². The van der Waals surface area contributed by atoms with Gasteiger partial charge in [-0.05, 0) is 24.6 Å². The van der Waals surface area contributed by atoms with Crippen LogP contribution in [0.2, 0.25) is 0 Å². The molecule has 0 unspecified atom stereocenters. The molecule has 0 aliphatic heterocycles. The summed E-state index contributed by atoms with van der Waals surface area (Å²) in [6.07, 6.45) is -5.80. The number of alkyl halides is 3. The molecule has 0 radical (unpaired) electrons. The zero-order valence-corrected chi connectivity index (χ0v) is 6.84. The minimum atomic E-state index is -4.62. The number of halogens is 3. The molecule has 5 heteroatoms. The average molecular weight is 191 g/mol. The van der Waals surface area contributed by atoms with E-state index in [4.69, 9.17) is 5.11 Å². The SMILES string of the molecule is Cc1cc([C@H](O)C(F)(F)F)ccn1. The predicted molar refractivity (Wildman–Crippen MR) is 40.0 cm³/mol. The van der Waals surface area contributed by atoms with Gasteiger partial charge in [0, 0.05) is 11.9 Å².